The van der Waals surface area contributed by atoms with Crippen molar-refractivity contribution in [2.45, 2.75) is 27.2 Å². The first-order valence-corrected chi connectivity index (χ1v) is 8.18. The zero-order valence-corrected chi connectivity index (χ0v) is 14.4. The molecule has 0 fully saturated rings. The third-order valence-corrected chi connectivity index (χ3v) is 4.06. The Morgan fingerprint density at radius 3 is 2.58 bits per heavy atom. The summed E-state index contributed by atoms with van der Waals surface area (Å²) in [4.78, 5) is 8.46. The number of para-hydroxylation sites is 1. The second-order valence-corrected chi connectivity index (χ2v) is 5.95. The zero-order chi connectivity index (χ0) is 16.9. The van der Waals surface area contributed by atoms with Crippen molar-refractivity contribution >= 4 is 10.9 Å². The molecule has 0 aliphatic carbocycles. The lowest BCUT2D eigenvalue weighted by molar-refractivity contribution is 0.243. The summed E-state index contributed by atoms with van der Waals surface area (Å²) in [7, 11) is 0. The molecule has 0 radical (unpaired) electrons. The fourth-order valence-corrected chi connectivity index (χ4v) is 2.66. The number of rotatable bonds is 6. The van der Waals surface area contributed by atoms with E-state index < -0.39 is 0 Å². The van der Waals surface area contributed by atoms with Crippen molar-refractivity contribution < 1.29 is 9.47 Å². The van der Waals surface area contributed by atoms with Gasteiger partial charge < -0.3 is 9.47 Å². The maximum atomic E-state index is 5.91. The van der Waals surface area contributed by atoms with Crippen LogP contribution in [0.1, 0.15) is 23.1 Å². The van der Waals surface area contributed by atoms with Gasteiger partial charge in [0.2, 0.25) is 5.88 Å². The molecule has 0 saturated carbocycles. The summed E-state index contributed by atoms with van der Waals surface area (Å²) in [5.41, 5.74) is 4.57. The van der Waals surface area contributed by atoms with Gasteiger partial charge in [-0.1, -0.05) is 18.2 Å². The van der Waals surface area contributed by atoms with Crippen molar-refractivity contribution in [3.8, 4) is 11.6 Å². The quantitative estimate of drug-likeness (QED) is 0.631. The monoisotopic (exact) mass is 322 g/mol. The molecule has 0 aliphatic heterocycles. The van der Waals surface area contributed by atoms with Gasteiger partial charge in [-0.05, 0) is 55.7 Å². The number of ether oxygens (including phenoxy) is 2. The third kappa shape index (κ3) is 3.65. The minimum Gasteiger partial charge on any atom is -0.493 e. The van der Waals surface area contributed by atoms with Gasteiger partial charge in [0.25, 0.3) is 0 Å². The van der Waals surface area contributed by atoms with Gasteiger partial charge in [0, 0.05) is 6.42 Å². The lowest BCUT2D eigenvalue weighted by atomic mass is 10.1. The molecule has 0 bridgehead atoms. The smallest absolute Gasteiger partial charge is 0.224 e. The topological polar surface area (TPSA) is 44.2 Å². The van der Waals surface area contributed by atoms with Gasteiger partial charge in [0.15, 0.2) is 0 Å². The minimum absolute atomic E-state index is 0.560. The van der Waals surface area contributed by atoms with E-state index in [1.165, 1.54) is 23.0 Å². The Bertz CT molecular complexity index is 841. The molecule has 0 atom stereocenters. The summed E-state index contributed by atoms with van der Waals surface area (Å²) < 4.78 is 11.7. The van der Waals surface area contributed by atoms with Gasteiger partial charge >= 0.3 is 0 Å². The van der Waals surface area contributed by atoms with E-state index in [9.17, 15) is 0 Å². The van der Waals surface area contributed by atoms with Crippen LogP contribution in [0.4, 0.5) is 0 Å². The zero-order valence-electron chi connectivity index (χ0n) is 14.4. The molecule has 2 aromatic carbocycles. The maximum absolute atomic E-state index is 5.91. The number of benzene rings is 2. The van der Waals surface area contributed by atoms with Crippen molar-refractivity contribution in [1.82, 2.24) is 9.97 Å². The lowest BCUT2D eigenvalue weighted by Gasteiger charge is -2.13. The minimum atomic E-state index is 0.560. The molecule has 4 heteroatoms. The summed E-state index contributed by atoms with van der Waals surface area (Å²) in [6.45, 7) is 7.46. The van der Waals surface area contributed by atoms with Crippen LogP contribution in [0.2, 0.25) is 0 Å². The normalized spacial score (nSPS) is 10.8. The molecule has 0 unspecified atom stereocenters. The largest absolute Gasteiger partial charge is 0.493 e. The van der Waals surface area contributed by atoms with Crippen LogP contribution in [0.25, 0.3) is 10.9 Å². The number of aryl methyl sites for hydroxylation is 2. The van der Waals surface area contributed by atoms with E-state index in [1.54, 1.807) is 0 Å². The van der Waals surface area contributed by atoms with E-state index >= 15 is 0 Å². The number of hydrogen-bond acceptors (Lipinski definition) is 4. The average Bonchev–Trinajstić information content (AvgIpc) is 2.58. The van der Waals surface area contributed by atoms with Crippen LogP contribution in [0, 0.1) is 20.8 Å². The van der Waals surface area contributed by atoms with E-state index in [1.807, 2.05) is 24.3 Å². The highest BCUT2D eigenvalue weighted by Gasteiger charge is 2.05. The predicted molar refractivity (Wildman–Crippen MR) is 95.8 cm³/mol. The van der Waals surface area contributed by atoms with E-state index in [2.05, 4.69) is 42.9 Å². The lowest BCUT2D eigenvalue weighted by Crippen LogP contribution is -2.07. The fraction of sp³-hybridized carbons (Fsp3) is 0.300. The second-order valence-electron chi connectivity index (χ2n) is 5.95. The van der Waals surface area contributed by atoms with Gasteiger partial charge in [-0.2, -0.15) is 0 Å². The molecule has 1 heterocycles. The summed E-state index contributed by atoms with van der Waals surface area (Å²) in [6, 6.07) is 12.1. The molecule has 0 spiro atoms. The van der Waals surface area contributed by atoms with Gasteiger partial charge in [-0.3, -0.25) is 0 Å². The molecular formula is C20H22N2O2. The van der Waals surface area contributed by atoms with Gasteiger partial charge in [-0.15, -0.1) is 0 Å². The van der Waals surface area contributed by atoms with Crippen molar-refractivity contribution in [2.24, 2.45) is 0 Å². The van der Waals surface area contributed by atoms with Crippen LogP contribution >= 0.6 is 0 Å². The Labute approximate surface area is 142 Å². The van der Waals surface area contributed by atoms with E-state index in [-0.39, 0.29) is 0 Å². The van der Waals surface area contributed by atoms with E-state index in [0.717, 1.165) is 23.1 Å². The highest BCUT2D eigenvalue weighted by atomic mass is 16.5. The first kappa shape index (κ1) is 16.2. The molecule has 4 nitrogen and oxygen atoms in total. The van der Waals surface area contributed by atoms with Crippen LogP contribution in [0.15, 0.2) is 42.7 Å². The molecule has 0 saturated heterocycles. The molecular weight excluding hydrogens is 300 g/mol. The molecule has 24 heavy (non-hydrogen) atoms. The second kappa shape index (κ2) is 7.30. The highest BCUT2D eigenvalue weighted by molar-refractivity contribution is 5.82. The predicted octanol–water partition coefficient (Wildman–Crippen LogP) is 4.40. The van der Waals surface area contributed by atoms with Crippen molar-refractivity contribution in [2.75, 3.05) is 13.2 Å². The molecule has 0 N–H and O–H groups in total. The molecule has 3 rings (SSSR count). The number of hydrogen-bond donors (Lipinski definition) is 0. The third-order valence-electron chi connectivity index (χ3n) is 4.06. The maximum Gasteiger partial charge on any atom is 0.224 e. The van der Waals surface area contributed by atoms with Gasteiger partial charge in [-0.25, -0.2) is 9.97 Å². The molecule has 3 aromatic rings. The SMILES string of the molecule is Cc1cc(C)c(C)c(OCCCOc2ncnc3ccccc23)c1. The summed E-state index contributed by atoms with van der Waals surface area (Å²) in [6.07, 6.45) is 2.33. The molecule has 1 aromatic heterocycles. The van der Waals surface area contributed by atoms with Crippen molar-refractivity contribution in [3.63, 3.8) is 0 Å². The Morgan fingerprint density at radius 2 is 1.71 bits per heavy atom. The van der Waals surface area contributed by atoms with Gasteiger partial charge in [0.05, 0.1) is 24.1 Å². The Balaban J connectivity index is 1.54. The van der Waals surface area contributed by atoms with Gasteiger partial charge in [0.1, 0.15) is 12.1 Å². The Kier molecular flexibility index (Phi) is 4.94. The fourth-order valence-electron chi connectivity index (χ4n) is 2.66. The van der Waals surface area contributed by atoms with E-state index in [4.69, 9.17) is 9.47 Å². The van der Waals surface area contributed by atoms with Crippen LogP contribution in [-0.2, 0) is 0 Å². The van der Waals surface area contributed by atoms with Crippen LogP contribution in [0.3, 0.4) is 0 Å². The first-order chi connectivity index (χ1) is 11.6. The van der Waals surface area contributed by atoms with E-state index in [0.29, 0.717) is 19.1 Å². The Hall–Kier alpha value is -2.62. The molecule has 0 amide bonds. The molecule has 124 valence electrons. The summed E-state index contributed by atoms with van der Waals surface area (Å²) >= 11 is 0. The Morgan fingerprint density at radius 1 is 0.917 bits per heavy atom. The highest BCUT2D eigenvalue weighted by Crippen LogP contribution is 2.24. The average molecular weight is 322 g/mol. The first-order valence-electron chi connectivity index (χ1n) is 8.18. The standard InChI is InChI=1S/C20H22N2O2/c1-14-11-15(2)16(3)19(12-14)23-9-6-10-24-20-17-7-4-5-8-18(17)21-13-22-20/h4-5,7-8,11-13H,6,9-10H2,1-3H3. The summed E-state index contributed by atoms with van der Waals surface area (Å²) in [5.74, 6) is 1.59. The molecule has 0 aliphatic rings. The number of fused-ring (bicyclic) bond motifs is 1. The van der Waals surface area contributed by atoms with Crippen LogP contribution in [-0.4, -0.2) is 23.2 Å². The number of aromatic nitrogens is 2. The number of nitrogens with zero attached hydrogens (tertiary/aromatic N) is 2. The van der Waals surface area contributed by atoms with Crippen LogP contribution in [0.5, 0.6) is 11.6 Å². The van der Waals surface area contributed by atoms with Crippen molar-refractivity contribution in [1.29, 1.82) is 0 Å². The van der Waals surface area contributed by atoms with Crippen LogP contribution < -0.4 is 9.47 Å². The van der Waals surface area contributed by atoms with Crippen molar-refractivity contribution in [3.05, 3.63) is 59.4 Å². The summed E-state index contributed by atoms with van der Waals surface area (Å²) in [5, 5.41) is 0.936.